The molecule has 1 aliphatic heterocycles. The van der Waals surface area contributed by atoms with Crippen LogP contribution >= 0.6 is 7.75 Å². The molecule has 1 saturated heterocycles. The molecule has 0 amide bonds. The van der Waals surface area contributed by atoms with Gasteiger partial charge in [-0.2, -0.15) is 15.1 Å². The lowest BCUT2D eigenvalue weighted by Gasteiger charge is -2.25. The van der Waals surface area contributed by atoms with Gasteiger partial charge in [0, 0.05) is 0 Å². The van der Waals surface area contributed by atoms with Gasteiger partial charge in [-0.05, 0) is 32.9 Å². The topological polar surface area (TPSA) is 225 Å². The number of imidazole rings is 1. The molecular weight excluding hydrogens is 519 g/mol. The number of rotatable bonds is 10. The maximum Gasteiger partial charge on any atom is 0.459 e. The number of carbonyl (C=O) groups is 1. The van der Waals surface area contributed by atoms with Crippen molar-refractivity contribution in [2.75, 3.05) is 18.1 Å². The number of fused-ring (bicyclic) bond motifs is 1. The van der Waals surface area contributed by atoms with Crippen molar-refractivity contribution < 1.29 is 33.0 Å². The van der Waals surface area contributed by atoms with Crippen molar-refractivity contribution in [3.8, 4) is 5.75 Å². The standard InChI is InChI=1S/C22H31N8O7P/c1-11(2)35-21(32)12(3)29-38(33,37-13-7-5-4-6-8-13)34-9-14-17(31)15(23)20(36-14)30-10-26-16-18(24)27-22(25)28-19(16)30/h4-8,10-12,14-15,17,20,31H,9,23H2,1-3H3,(H,29,33)(H4,24,25,27,28)/t12-,14+,15+,17+,20+,38+/m0/s1. The summed E-state index contributed by atoms with van der Waals surface area (Å²) in [7, 11) is -4.18. The Morgan fingerprint density at radius 1 is 1.24 bits per heavy atom. The summed E-state index contributed by atoms with van der Waals surface area (Å²) in [5.74, 6) is -0.408. The molecule has 15 nitrogen and oxygen atoms in total. The lowest BCUT2D eigenvalue weighted by Crippen LogP contribution is -2.41. The minimum atomic E-state index is -4.18. The zero-order valence-corrected chi connectivity index (χ0v) is 21.9. The Hall–Kier alpha value is -3.33. The molecule has 0 saturated carbocycles. The Balaban J connectivity index is 1.51. The average Bonchev–Trinajstić information content (AvgIpc) is 3.39. The fourth-order valence-corrected chi connectivity index (χ4v) is 5.31. The fourth-order valence-electron chi connectivity index (χ4n) is 3.80. The van der Waals surface area contributed by atoms with Crippen LogP contribution in [0.1, 0.15) is 27.0 Å². The van der Waals surface area contributed by atoms with Crippen LogP contribution in [0.15, 0.2) is 36.7 Å². The summed E-state index contributed by atoms with van der Waals surface area (Å²) in [5.41, 5.74) is 18.4. The molecule has 0 bridgehead atoms. The maximum absolute atomic E-state index is 13.7. The maximum atomic E-state index is 13.7. The van der Waals surface area contributed by atoms with Crippen molar-refractivity contribution in [1.82, 2.24) is 24.6 Å². The summed E-state index contributed by atoms with van der Waals surface area (Å²) in [5, 5.41) is 13.4. The van der Waals surface area contributed by atoms with Gasteiger partial charge in [-0.3, -0.25) is 13.9 Å². The summed E-state index contributed by atoms with van der Waals surface area (Å²) in [4.78, 5) is 24.5. The third-order valence-electron chi connectivity index (χ3n) is 5.59. The van der Waals surface area contributed by atoms with Gasteiger partial charge in [0.05, 0.1) is 25.1 Å². The quantitative estimate of drug-likeness (QED) is 0.173. The number of hydrogen-bond donors (Lipinski definition) is 5. The Labute approximate surface area is 218 Å². The van der Waals surface area contributed by atoms with Crippen LogP contribution in [0.2, 0.25) is 0 Å². The zero-order chi connectivity index (χ0) is 27.6. The van der Waals surface area contributed by atoms with Gasteiger partial charge >= 0.3 is 13.7 Å². The van der Waals surface area contributed by atoms with Gasteiger partial charge < -0.3 is 36.3 Å². The van der Waals surface area contributed by atoms with E-state index in [0.717, 1.165) is 0 Å². The third kappa shape index (κ3) is 6.04. The molecule has 16 heteroatoms. The molecule has 4 rings (SSSR count). The molecule has 0 spiro atoms. The molecule has 3 heterocycles. The highest BCUT2D eigenvalue weighted by molar-refractivity contribution is 7.52. The van der Waals surface area contributed by atoms with Gasteiger partial charge in [0.1, 0.15) is 29.5 Å². The highest BCUT2D eigenvalue weighted by atomic mass is 31.2. The number of aliphatic hydroxyl groups excluding tert-OH is 1. The van der Waals surface area contributed by atoms with E-state index >= 15 is 0 Å². The van der Waals surface area contributed by atoms with Gasteiger partial charge in [-0.25, -0.2) is 9.55 Å². The van der Waals surface area contributed by atoms with E-state index in [2.05, 4.69) is 20.0 Å². The van der Waals surface area contributed by atoms with Crippen LogP contribution < -0.4 is 26.8 Å². The van der Waals surface area contributed by atoms with Gasteiger partial charge in [0.15, 0.2) is 17.7 Å². The highest BCUT2D eigenvalue weighted by Crippen LogP contribution is 2.46. The van der Waals surface area contributed by atoms with Crippen molar-refractivity contribution >= 4 is 36.6 Å². The van der Waals surface area contributed by atoms with Crippen LogP contribution in [0.25, 0.3) is 11.2 Å². The SMILES string of the molecule is CC(C)OC(=O)[C@H](C)N[P@@](=O)(OC[C@H]1O[C@@H](n2cnc3c(N)nc(N)nc32)[C@H](N)[C@@H]1O)Oc1ccccc1. The number of ether oxygens (including phenoxy) is 2. The van der Waals surface area contributed by atoms with Crippen molar-refractivity contribution in [1.29, 1.82) is 0 Å². The number of nitrogens with one attached hydrogen (secondary N) is 1. The van der Waals surface area contributed by atoms with Crippen LogP contribution in [0, 0.1) is 0 Å². The number of carbonyl (C=O) groups excluding carboxylic acids is 1. The average molecular weight is 551 g/mol. The van der Waals surface area contributed by atoms with Crippen LogP contribution in [0.3, 0.4) is 0 Å². The largest absolute Gasteiger partial charge is 0.462 e. The van der Waals surface area contributed by atoms with E-state index < -0.39 is 50.8 Å². The van der Waals surface area contributed by atoms with Crippen LogP contribution in [-0.2, 0) is 23.4 Å². The lowest BCUT2D eigenvalue weighted by atomic mass is 10.1. The fraction of sp³-hybridized carbons (Fsp3) is 0.455. The van der Waals surface area contributed by atoms with E-state index in [-0.39, 0.29) is 34.8 Å². The van der Waals surface area contributed by atoms with E-state index in [1.165, 1.54) is 17.8 Å². The van der Waals surface area contributed by atoms with E-state index in [4.69, 9.17) is 35.7 Å². The molecule has 1 aromatic carbocycles. The summed E-state index contributed by atoms with van der Waals surface area (Å²) >= 11 is 0. The summed E-state index contributed by atoms with van der Waals surface area (Å²) in [6.07, 6.45) is -2.18. The zero-order valence-electron chi connectivity index (χ0n) is 21.0. The Morgan fingerprint density at radius 2 is 1.95 bits per heavy atom. The first-order valence-corrected chi connectivity index (χ1v) is 13.3. The van der Waals surface area contributed by atoms with Gasteiger partial charge in [0.2, 0.25) is 5.95 Å². The smallest absolute Gasteiger partial charge is 0.459 e. The molecular formula is C22H31N8O7P. The Kier molecular flexibility index (Phi) is 8.16. The molecule has 1 aliphatic rings. The molecule has 0 aliphatic carbocycles. The van der Waals surface area contributed by atoms with Crippen molar-refractivity contribution in [3.05, 3.63) is 36.7 Å². The Morgan fingerprint density at radius 3 is 2.63 bits per heavy atom. The minimum Gasteiger partial charge on any atom is -0.462 e. The summed E-state index contributed by atoms with van der Waals surface area (Å²) in [6, 6.07) is 6.29. The summed E-state index contributed by atoms with van der Waals surface area (Å²) in [6.45, 7) is 4.45. The predicted octanol–water partition coefficient (Wildman–Crippen LogP) is 0.710. The Bertz CT molecular complexity index is 1320. The number of nitrogen functional groups attached to an aromatic ring is 2. The number of para-hydroxylation sites is 1. The normalized spacial score (nSPS) is 23.8. The van der Waals surface area contributed by atoms with Crippen molar-refractivity contribution in [3.63, 3.8) is 0 Å². The number of aromatic nitrogens is 4. The van der Waals surface area contributed by atoms with Gasteiger partial charge in [-0.1, -0.05) is 18.2 Å². The van der Waals surface area contributed by atoms with E-state index in [1.54, 1.807) is 44.2 Å². The number of aliphatic hydroxyl groups is 1. The number of hydrogen-bond acceptors (Lipinski definition) is 13. The number of anilines is 2. The second-order valence-corrected chi connectivity index (χ2v) is 10.7. The molecule has 0 radical (unpaired) electrons. The van der Waals surface area contributed by atoms with Gasteiger partial charge in [-0.15, -0.1) is 0 Å². The first kappa shape index (κ1) is 27.7. The molecule has 8 N–H and O–H groups in total. The molecule has 6 atom stereocenters. The van der Waals surface area contributed by atoms with E-state index in [1.807, 2.05) is 0 Å². The molecule has 3 aromatic rings. The number of esters is 1. The van der Waals surface area contributed by atoms with Crippen molar-refractivity contribution in [2.24, 2.45) is 5.73 Å². The first-order chi connectivity index (χ1) is 18.0. The molecule has 1 fully saturated rings. The number of nitrogens with two attached hydrogens (primary N) is 3. The number of benzene rings is 1. The second kappa shape index (κ2) is 11.2. The molecule has 206 valence electrons. The second-order valence-electron chi connectivity index (χ2n) is 8.96. The molecule has 2 aromatic heterocycles. The van der Waals surface area contributed by atoms with Crippen LogP contribution in [-0.4, -0.2) is 67.6 Å². The van der Waals surface area contributed by atoms with E-state index in [0.29, 0.717) is 0 Å². The molecule has 38 heavy (non-hydrogen) atoms. The lowest BCUT2D eigenvalue weighted by molar-refractivity contribution is -0.149. The van der Waals surface area contributed by atoms with Crippen LogP contribution in [0.4, 0.5) is 11.8 Å². The third-order valence-corrected chi connectivity index (χ3v) is 7.24. The monoisotopic (exact) mass is 550 g/mol. The molecule has 0 unspecified atom stereocenters. The van der Waals surface area contributed by atoms with Crippen molar-refractivity contribution in [2.45, 2.75) is 57.4 Å². The van der Waals surface area contributed by atoms with Crippen LogP contribution in [0.5, 0.6) is 5.75 Å². The summed E-state index contributed by atoms with van der Waals surface area (Å²) < 4.78 is 37.6. The van der Waals surface area contributed by atoms with E-state index in [9.17, 15) is 14.5 Å². The highest BCUT2D eigenvalue weighted by Gasteiger charge is 2.45. The number of nitrogens with zero attached hydrogens (tertiary/aromatic N) is 4. The first-order valence-electron chi connectivity index (χ1n) is 11.8. The minimum absolute atomic E-state index is 0.0704. The van der Waals surface area contributed by atoms with Gasteiger partial charge in [0.25, 0.3) is 0 Å². The predicted molar refractivity (Wildman–Crippen MR) is 136 cm³/mol.